The Morgan fingerprint density at radius 3 is 3.08 bits per heavy atom. The van der Waals surface area contributed by atoms with Crippen molar-refractivity contribution in [3.05, 3.63) is 33.6 Å². The van der Waals surface area contributed by atoms with E-state index in [1.54, 1.807) is 4.40 Å². The summed E-state index contributed by atoms with van der Waals surface area (Å²) >= 11 is 9.18. The molecule has 3 nitrogen and oxygen atoms in total. The van der Waals surface area contributed by atoms with Crippen LogP contribution in [0.2, 0.25) is 5.15 Å². The second-order valence-electron chi connectivity index (χ2n) is 2.56. The van der Waals surface area contributed by atoms with Gasteiger partial charge in [-0.2, -0.15) is 0 Å². The summed E-state index contributed by atoms with van der Waals surface area (Å²) in [6.45, 7) is -0.115. The molecular formula is C8H6BrClN2O. The maximum atomic E-state index is 9.04. The lowest BCUT2D eigenvalue weighted by molar-refractivity contribution is 0.276. The van der Waals surface area contributed by atoms with Crippen LogP contribution in [0, 0.1) is 0 Å². The standard InChI is InChI=1S/C8H6BrClN2O/c9-5-2-1-3-12-6(4-13)7(10)11-8(5)12/h1-3,13H,4H2. The number of fused-ring (bicyclic) bond motifs is 1. The minimum atomic E-state index is -0.115. The molecule has 68 valence electrons. The first-order valence-electron chi connectivity index (χ1n) is 3.66. The van der Waals surface area contributed by atoms with Gasteiger partial charge in [0.2, 0.25) is 0 Å². The molecule has 0 spiro atoms. The van der Waals surface area contributed by atoms with Gasteiger partial charge in [-0.25, -0.2) is 4.98 Å². The van der Waals surface area contributed by atoms with Crippen LogP contribution < -0.4 is 0 Å². The minimum absolute atomic E-state index is 0.115. The highest BCUT2D eigenvalue weighted by molar-refractivity contribution is 9.10. The van der Waals surface area contributed by atoms with Crippen LogP contribution in [-0.4, -0.2) is 14.5 Å². The number of aromatic nitrogens is 2. The van der Waals surface area contributed by atoms with Gasteiger partial charge >= 0.3 is 0 Å². The smallest absolute Gasteiger partial charge is 0.153 e. The first-order valence-corrected chi connectivity index (χ1v) is 4.83. The Bertz CT molecular complexity index is 455. The second-order valence-corrected chi connectivity index (χ2v) is 3.77. The van der Waals surface area contributed by atoms with Crippen LogP contribution in [0.15, 0.2) is 22.8 Å². The van der Waals surface area contributed by atoms with E-state index in [0.717, 1.165) is 10.1 Å². The van der Waals surface area contributed by atoms with Gasteiger partial charge in [0, 0.05) is 6.20 Å². The topological polar surface area (TPSA) is 37.5 Å². The maximum Gasteiger partial charge on any atom is 0.153 e. The summed E-state index contributed by atoms with van der Waals surface area (Å²) in [5, 5.41) is 9.38. The highest BCUT2D eigenvalue weighted by Gasteiger charge is 2.10. The molecule has 0 bridgehead atoms. The number of nitrogens with zero attached hydrogens (tertiary/aromatic N) is 2. The summed E-state index contributed by atoms with van der Waals surface area (Å²) in [6.07, 6.45) is 1.81. The van der Waals surface area contributed by atoms with Crippen molar-refractivity contribution in [2.24, 2.45) is 0 Å². The number of rotatable bonds is 1. The largest absolute Gasteiger partial charge is 0.390 e. The first kappa shape index (κ1) is 8.99. The summed E-state index contributed by atoms with van der Waals surface area (Å²) in [4.78, 5) is 4.10. The molecule has 0 atom stereocenters. The molecule has 0 unspecified atom stereocenters. The average Bonchev–Trinajstić information content (AvgIpc) is 2.43. The van der Waals surface area contributed by atoms with Crippen LogP contribution in [-0.2, 0) is 6.61 Å². The SMILES string of the molecule is OCc1c(Cl)nc2c(Br)cccn12. The Morgan fingerprint density at radius 2 is 2.38 bits per heavy atom. The van der Waals surface area contributed by atoms with Crippen molar-refractivity contribution < 1.29 is 5.11 Å². The lowest BCUT2D eigenvalue weighted by atomic mass is 10.4. The molecule has 0 aromatic carbocycles. The van der Waals surface area contributed by atoms with Crippen LogP contribution in [0.1, 0.15) is 5.69 Å². The number of hydrogen-bond donors (Lipinski definition) is 1. The van der Waals surface area contributed by atoms with Gasteiger partial charge in [0.15, 0.2) is 10.8 Å². The molecule has 1 N–H and O–H groups in total. The molecule has 2 rings (SSSR count). The molecule has 2 heterocycles. The zero-order valence-corrected chi connectivity index (χ0v) is 8.88. The van der Waals surface area contributed by atoms with Crippen LogP contribution in [0.4, 0.5) is 0 Å². The predicted octanol–water partition coefficient (Wildman–Crippen LogP) is 2.24. The van der Waals surface area contributed by atoms with Crippen molar-refractivity contribution in [2.75, 3.05) is 0 Å². The minimum Gasteiger partial charge on any atom is -0.390 e. The van der Waals surface area contributed by atoms with Gasteiger partial charge in [0.25, 0.3) is 0 Å². The van der Waals surface area contributed by atoms with E-state index in [1.807, 2.05) is 18.3 Å². The number of aliphatic hydroxyl groups excluding tert-OH is 1. The molecular weight excluding hydrogens is 255 g/mol. The summed E-state index contributed by atoms with van der Waals surface area (Å²) in [5.74, 6) is 0. The van der Waals surface area contributed by atoms with Gasteiger partial charge in [-0.1, -0.05) is 11.6 Å². The van der Waals surface area contributed by atoms with Gasteiger partial charge in [-0.05, 0) is 28.1 Å². The molecule has 0 saturated carbocycles. The van der Waals surface area contributed by atoms with Crippen molar-refractivity contribution in [3.63, 3.8) is 0 Å². The fourth-order valence-corrected chi connectivity index (χ4v) is 1.86. The third-order valence-corrected chi connectivity index (χ3v) is 2.72. The van der Waals surface area contributed by atoms with Crippen molar-refractivity contribution in [1.29, 1.82) is 0 Å². The lowest BCUT2D eigenvalue weighted by Crippen LogP contribution is -1.91. The molecule has 0 amide bonds. The molecule has 0 fully saturated rings. The third kappa shape index (κ3) is 1.35. The number of pyridine rings is 1. The lowest BCUT2D eigenvalue weighted by Gasteiger charge is -1.97. The average molecular weight is 262 g/mol. The number of aliphatic hydroxyl groups is 1. The van der Waals surface area contributed by atoms with E-state index < -0.39 is 0 Å². The van der Waals surface area contributed by atoms with Crippen molar-refractivity contribution >= 4 is 33.2 Å². The molecule has 0 radical (unpaired) electrons. The Morgan fingerprint density at radius 1 is 1.62 bits per heavy atom. The maximum absolute atomic E-state index is 9.04. The van der Waals surface area contributed by atoms with Gasteiger partial charge in [-0.3, -0.25) is 4.40 Å². The predicted molar refractivity (Wildman–Crippen MR) is 53.8 cm³/mol. The van der Waals surface area contributed by atoms with E-state index in [2.05, 4.69) is 20.9 Å². The van der Waals surface area contributed by atoms with Crippen LogP contribution >= 0.6 is 27.5 Å². The van der Waals surface area contributed by atoms with Gasteiger partial charge in [0.1, 0.15) is 0 Å². The highest BCUT2D eigenvalue weighted by Crippen LogP contribution is 2.23. The fraction of sp³-hybridized carbons (Fsp3) is 0.125. The van der Waals surface area contributed by atoms with Gasteiger partial charge < -0.3 is 5.11 Å². The normalized spacial score (nSPS) is 11.0. The van der Waals surface area contributed by atoms with E-state index in [0.29, 0.717) is 10.8 Å². The molecule has 2 aromatic rings. The van der Waals surface area contributed by atoms with E-state index in [-0.39, 0.29) is 6.61 Å². The molecule has 0 aliphatic carbocycles. The number of imidazole rings is 1. The summed E-state index contributed by atoms with van der Waals surface area (Å²) < 4.78 is 2.61. The fourth-order valence-electron chi connectivity index (χ4n) is 1.20. The van der Waals surface area contributed by atoms with Crippen molar-refractivity contribution in [2.45, 2.75) is 6.61 Å². The quantitative estimate of drug-likeness (QED) is 0.855. The van der Waals surface area contributed by atoms with Gasteiger partial charge in [-0.15, -0.1) is 0 Å². The van der Waals surface area contributed by atoms with Crippen molar-refractivity contribution in [1.82, 2.24) is 9.38 Å². The molecule has 0 aliphatic heterocycles. The van der Waals surface area contributed by atoms with Crippen molar-refractivity contribution in [3.8, 4) is 0 Å². The summed E-state index contributed by atoms with van der Waals surface area (Å²) in [6, 6.07) is 3.73. The van der Waals surface area contributed by atoms with Crippen LogP contribution in [0.5, 0.6) is 0 Å². The highest BCUT2D eigenvalue weighted by atomic mass is 79.9. The Balaban J connectivity index is 2.86. The number of hydrogen-bond acceptors (Lipinski definition) is 2. The van der Waals surface area contributed by atoms with Crippen LogP contribution in [0.25, 0.3) is 5.65 Å². The van der Waals surface area contributed by atoms with Gasteiger partial charge in [0.05, 0.1) is 16.8 Å². The second kappa shape index (κ2) is 3.29. The summed E-state index contributed by atoms with van der Waals surface area (Å²) in [7, 11) is 0. The molecule has 2 aromatic heterocycles. The van der Waals surface area contributed by atoms with Crippen LogP contribution in [0.3, 0.4) is 0 Å². The van der Waals surface area contributed by atoms with E-state index in [1.165, 1.54) is 0 Å². The summed E-state index contributed by atoms with van der Waals surface area (Å²) in [5.41, 5.74) is 1.33. The monoisotopic (exact) mass is 260 g/mol. The Kier molecular flexibility index (Phi) is 2.27. The molecule has 13 heavy (non-hydrogen) atoms. The van der Waals surface area contributed by atoms with E-state index in [9.17, 15) is 0 Å². The molecule has 0 aliphatic rings. The van der Waals surface area contributed by atoms with E-state index in [4.69, 9.17) is 16.7 Å². The Labute approximate surface area is 88.1 Å². The Hall–Kier alpha value is -0.580. The molecule has 0 saturated heterocycles. The molecule has 5 heteroatoms. The van der Waals surface area contributed by atoms with E-state index >= 15 is 0 Å². The zero-order valence-electron chi connectivity index (χ0n) is 6.54. The first-order chi connectivity index (χ1) is 6.24. The third-order valence-electron chi connectivity index (χ3n) is 1.80. The number of halogens is 2. The zero-order chi connectivity index (χ0) is 9.42.